The minimum absolute atomic E-state index is 0.194. The highest BCUT2D eigenvalue weighted by atomic mass is 19.1. The molecule has 0 spiro atoms. The second-order valence-electron chi connectivity index (χ2n) is 7.14. The largest absolute Gasteiger partial charge is 0.448 e. The van der Waals surface area contributed by atoms with Crippen LogP contribution >= 0.6 is 0 Å². The molecule has 0 saturated heterocycles. The van der Waals surface area contributed by atoms with E-state index in [1.165, 1.54) is 11.6 Å². The molecule has 1 atom stereocenters. The molecule has 154 valence electrons. The van der Waals surface area contributed by atoms with E-state index in [-0.39, 0.29) is 11.4 Å². The zero-order valence-corrected chi connectivity index (χ0v) is 16.1. The van der Waals surface area contributed by atoms with Gasteiger partial charge in [-0.1, -0.05) is 18.2 Å². The Hall–Kier alpha value is -3.55. The van der Waals surface area contributed by atoms with Crippen molar-refractivity contribution < 1.29 is 23.1 Å². The lowest BCUT2D eigenvalue weighted by atomic mass is 10.2. The van der Waals surface area contributed by atoms with Crippen molar-refractivity contribution in [1.29, 1.82) is 0 Å². The number of esters is 1. The summed E-state index contributed by atoms with van der Waals surface area (Å²) in [6.45, 7) is 1.36. The van der Waals surface area contributed by atoms with Crippen LogP contribution in [0.15, 0.2) is 54.6 Å². The number of benzene rings is 2. The minimum Gasteiger partial charge on any atom is -0.448 e. The summed E-state index contributed by atoms with van der Waals surface area (Å²) >= 11 is 0. The van der Waals surface area contributed by atoms with E-state index in [2.05, 4.69) is 10.4 Å². The van der Waals surface area contributed by atoms with Crippen molar-refractivity contribution >= 4 is 17.6 Å². The molecule has 4 rings (SSSR count). The maximum absolute atomic E-state index is 13.7. The summed E-state index contributed by atoms with van der Waals surface area (Å²) in [5.74, 6) is -2.69. The fourth-order valence-corrected chi connectivity index (χ4v) is 2.99. The van der Waals surface area contributed by atoms with Crippen LogP contribution < -0.4 is 5.32 Å². The quantitative estimate of drug-likeness (QED) is 0.617. The maximum atomic E-state index is 13.7. The van der Waals surface area contributed by atoms with Crippen LogP contribution in [0.5, 0.6) is 0 Å². The van der Waals surface area contributed by atoms with Crippen molar-refractivity contribution in [1.82, 2.24) is 9.78 Å². The van der Waals surface area contributed by atoms with Gasteiger partial charge >= 0.3 is 5.97 Å². The van der Waals surface area contributed by atoms with Crippen molar-refractivity contribution in [2.45, 2.75) is 31.8 Å². The number of rotatable bonds is 6. The molecule has 8 heteroatoms. The summed E-state index contributed by atoms with van der Waals surface area (Å²) in [4.78, 5) is 25.1. The summed E-state index contributed by atoms with van der Waals surface area (Å²) in [6.07, 6.45) is 0.792. The molecule has 1 aliphatic rings. The van der Waals surface area contributed by atoms with Gasteiger partial charge in [0.2, 0.25) is 0 Å². The van der Waals surface area contributed by atoms with Crippen LogP contribution in [0.2, 0.25) is 0 Å². The topological polar surface area (TPSA) is 73.2 Å². The van der Waals surface area contributed by atoms with Crippen molar-refractivity contribution in [3.05, 3.63) is 77.6 Å². The van der Waals surface area contributed by atoms with Gasteiger partial charge in [-0.05, 0) is 50.1 Å². The SMILES string of the molecule is C[C@H](OC(=O)c1cc(C2CC2)nn1-c1ccccc1)C(=O)Nc1cc(F)ccc1F. The number of halogens is 2. The summed E-state index contributed by atoms with van der Waals surface area (Å²) in [7, 11) is 0. The molecule has 1 amide bonds. The van der Waals surface area contributed by atoms with Gasteiger partial charge in [0.1, 0.15) is 11.6 Å². The molecule has 30 heavy (non-hydrogen) atoms. The number of hydrogen-bond acceptors (Lipinski definition) is 4. The van der Waals surface area contributed by atoms with E-state index >= 15 is 0 Å². The first-order chi connectivity index (χ1) is 14.4. The predicted octanol–water partition coefficient (Wildman–Crippen LogP) is 4.21. The highest BCUT2D eigenvalue weighted by Gasteiger charge is 2.30. The Labute approximate surface area is 171 Å². The summed E-state index contributed by atoms with van der Waals surface area (Å²) < 4.78 is 33.8. The molecule has 2 aromatic carbocycles. The third-order valence-corrected chi connectivity index (χ3v) is 4.77. The van der Waals surface area contributed by atoms with Crippen LogP contribution in [0.4, 0.5) is 14.5 Å². The first-order valence-electron chi connectivity index (χ1n) is 9.54. The smallest absolute Gasteiger partial charge is 0.357 e. The molecule has 1 aliphatic carbocycles. The normalized spacial score (nSPS) is 14.2. The van der Waals surface area contributed by atoms with Gasteiger partial charge in [0.25, 0.3) is 5.91 Å². The number of para-hydroxylation sites is 1. The Morgan fingerprint density at radius 2 is 1.87 bits per heavy atom. The highest BCUT2D eigenvalue weighted by molar-refractivity contribution is 5.97. The number of ether oxygens (including phenoxy) is 1. The first-order valence-corrected chi connectivity index (χ1v) is 9.54. The summed E-state index contributed by atoms with van der Waals surface area (Å²) in [5, 5.41) is 6.76. The molecule has 1 aromatic heterocycles. The van der Waals surface area contributed by atoms with Crippen molar-refractivity contribution in [3.8, 4) is 5.69 Å². The zero-order valence-electron chi connectivity index (χ0n) is 16.1. The fraction of sp³-hybridized carbons (Fsp3) is 0.227. The molecule has 0 radical (unpaired) electrons. The third-order valence-electron chi connectivity index (χ3n) is 4.77. The monoisotopic (exact) mass is 411 g/mol. The van der Waals surface area contributed by atoms with Crippen molar-refractivity contribution in [2.24, 2.45) is 0 Å². The molecule has 1 N–H and O–H groups in total. The number of anilines is 1. The Morgan fingerprint density at radius 3 is 2.57 bits per heavy atom. The molecule has 0 aliphatic heterocycles. The van der Waals surface area contributed by atoms with Crippen LogP contribution in [0.1, 0.15) is 41.9 Å². The van der Waals surface area contributed by atoms with Gasteiger partial charge < -0.3 is 10.1 Å². The number of amides is 1. The number of aromatic nitrogens is 2. The molecular formula is C22H19F2N3O3. The van der Waals surface area contributed by atoms with E-state index in [1.54, 1.807) is 6.07 Å². The Bertz CT molecular complexity index is 1090. The molecule has 0 bridgehead atoms. The number of carbonyl (C=O) groups is 2. The highest BCUT2D eigenvalue weighted by Crippen LogP contribution is 2.39. The van der Waals surface area contributed by atoms with E-state index in [1.807, 2.05) is 30.3 Å². The minimum atomic E-state index is -1.23. The van der Waals surface area contributed by atoms with E-state index in [9.17, 15) is 18.4 Å². The van der Waals surface area contributed by atoms with Crippen molar-refractivity contribution in [3.63, 3.8) is 0 Å². The fourth-order valence-electron chi connectivity index (χ4n) is 2.99. The third kappa shape index (κ3) is 4.22. The van der Waals surface area contributed by atoms with E-state index in [4.69, 9.17) is 4.74 Å². The van der Waals surface area contributed by atoms with Crippen LogP contribution in [0.25, 0.3) is 5.69 Å². The predicted molar refractivity (Wildman–Crippen MR) is 105 cm³/mol. The summed E-state index contributed by atoms with van der Waals surface area (Å²) in [6, 6.07) is 13.5. The van der Waals surface area contributed by atoms with Gasteiger partial charge in [0.05, 0.1) is 17.1 Å². The Morgan fingerprint density at radius 1 is 1.13 bits per heavy atom. The second kappa shape index (κ2) is 8.06. The molecule has 1 saturated carbocycles. The van der Waals surface area contributed by atoms with Gasteiger partial charge in [0, 0.05) is 12.0 Å². The number of nitrogens with zero attached hydrogens (tertiary/aromatic N) is 2. The lowest BCUT2D eigenvalue weighted by Crippen LogP contribution is -2.31. The standard InChI is InChI=1S/C22H19F2N3O3/c1-13(21(28)25-19-11-15(23)9-10-17(19)24)30-22(29)20-12-18(14-7-8-14)26-27(20)16-5-3-2-4-6-16/h2-6,9-14H,7-8H2,1H3,(H,25,28)/t13-/m0/s1. The number of nitrogens with one attached hydrogen (secondary N) is 1. The lowest BCUT2D eigenvalue weighted by Gasteiger charge is -2.14. The molecule has 1 fully saturated rings. The van der Waals surface area contributed by atoms with Gasteiger partial charge in [-0.25, -0.2) is 18.3 Å². The van der Waals surface area contributed by atoms with Gasteiger partial charge in [0.15, 0.2) is 11.8 Å². The van der Waals surface area contributed by atoms with Crippen LogP contribution in [0.3, 0.4) is 0 Å². The Balaban J connectivity index is 1.52. The zero-order chi connectivity index (χ0) is 21.3. The first kappa shape index (κ1) is 19.8. The van der Waals surface area contributed by atoms with Crippen LogP contribution in [-0.2, 0) is 9.53 Å². The van der Waals surface area contributed by atoms with E-state index in [0.29, 0.717) is 11.6 Å². The molecule has 6 nitrogen and oxygen atoms in total. The van der Waals surface area contributed by atoms with Crippen LogP contribution in [0, 0.1) is 11.6 Å². The van der Waals surface area contributed by atoms with Crippen molar-refractivity contribution in [2.75, 3.05) is 5.32 Å². The van der Waals surface area contributed by atoms with E-state index in [0.717, 1.165) is 36.7 Å². The average Bonchev–Trinajstić information content (AvgIpc) is 3.49. The Kier molecular flexibility index (Phi) is 5.31. The van der Waals surface area contributed by atoms with E-state index < -0.39 is 29.6 Å². The summed E-state index contributed by atoms with van der Waals surface area (Å²) in [5.41, 5.74) is 1.35. The van der Waals surface area contributed by atoms with Gasteiger partial charge in [-0.3, -0.25) is 4.79 Å². The van der Waals surface area contributed by atoms with Gasteiger partial charge in [-0.15, -0.1) is 0 Å². The average molecular weight is 411 g/mol. The molecule has 0 unspecified atom stereocenters. The number of carbonyl (C=O) groups excluding carboxylic acids is 2. The second-order valence-corrected chi connectivity index (χ2v) is 7.14. The van der Waals surface area contributed by atoms with Crippen LogP contribution in [-0.4, -0.2) is 27.8 Å². The maximum Gasteiger partial charge on any atom is 0.357 e. The molecular weight excluding hydrogens is 392 g/mol. The van der Waals surface area contributed by atoms with Gasteiger partial charge in [-0.2, -0.15) is 5.10 Å². The molecule has 3 aromatic rings. The number of hydrogen-bond donors (Lipinski definition) is 1. The molecule has 1 heterocycles. The lowest BCUT2D eigenvalue weighted by molar-refractivity contribution is -0.123.